The first-order valence-electron chi connectivity index (χ1n) is 5.26. The Hall–Kier alpha value is -2.05. The van der Waals surface area contributed by atoms with Crippen molar-refractivity contribution >= 4 is 12.0 Å². The molecular weight excluding hydrogens is 224 g/mol. The van der Waals surface area contributed by atoms with Crippen LogP contribution in [0.15, 0.2) is 0 Å². The van der Waals surface area contributed by atoms with Gasteiger partial charge >= 0.3 is 12.0 Å². The number of aromatic carboxylic acids is 1. The first kappa shape index (κ1) is 11.4. The number of rotatable bonds is 1. The highest BCUT2D eigenvalue weighted by atomic mass is 16.4. The number of carboxylic acid groups (broad SMARTS) is 1. The summed E-state index contributed by atoms with van der Waals surface area (Å²) >= 11 is 0. The maximum Gasteiger partial charge on any atom is 0.356 e. The Bertz CT molecular complexity index is 466. The van der Waals surface area contributed by atoms with Crippen molar-refractivity contribution in [3.63, 3.8) is 0 Å². The van der Waals surface area contributed by atoms with Gasteiger partial charge in [0.1, 0.15) is 0 Å². The third-order valence-corrected chi connectivity index (χ3v) is 2.79. The maximum atomic E-state index is 11.8. The summed E-state index contributed by atoms with van der Waals surface area (Å²) in [6.07, 6.45) is 0.606. The fourth-order valence-electron chi connectivity index (χ4n) is 1.92. The summed E-state index contributed by atoms with van der Waals surface area (Å²) in [5.41, 5.74) is 1.43. The van der Waals surface area contributed by atoms with E-state index in [4.69, 9.17) is 5.11 Å². The number of carbonyl (C=O) groups excluding carboxylic acids is 1. The predicted molar refractivity (Wildman–Crippen MR) is 58.7 cm³/mol. The molecule has 1 aliphatic rings. The SMILES string of the molecule is CN(C)C(=O)N1CCc2[nH]nc(C(=O)O)c2C1. The van der Waals surface area contributed by atoms with Crippen LogP contribution in [0.1, 0.15) is 21.7 Å². The minimum absolute atomic E-state index is 0.0104. The number of amides is 2. The molecule has 2 heterocycles. The number of H-pyrrole nitrogens is 1. The smallest absolute Gasteiger partial charge is 0.356 e. The quantitative estimate of drug-likeness (QED) is 0.728. The molecule has 0 aliphatic carbocycles. The number of aromatic amines is 1. The lowest BCUT2D eigenvalue weighted by molar-refractivity contribution is 0.0687. The lowest BCUT2D eigenvalue weighted by Gasteiger charge is -2.29. The van der Waals surface area contributed by atoms with Crippen LogP contribution in [-0.4, -0.2) is 57.7 Å². The molecule has 0 aromatic carbocycles. The first-order chi connectivity index (χ1) is 8.00. The molecule has 0 saturated heterocycles. The average Bonchev–Trinajstić information content (AvgIpc) is 2.70. The molecular formula is C10H14N4O3. The summed E-state index contributed by atoms with van der Waals surface area (Å²) in [7, 11) is 3.34. The highest BCUT2D eigenvalue weighted by molar-refractivity contribution is 5.87. The second kappa shape index (κ2) is 4.08. The van der Waals surface area contributed by atoms with Crippen LogP contribution >= 0.6 is 0 Å². The van der Waals surface area contributed by atoms with Crippen molar-refractivity contribution in [2.24, 2.45) is 0 Å². The number of hydrogen-bond acceptors (Lipinski definition) is 3. The van der Waals surface area contributed by atoms with Crippen molar-refractivity contribution < 1.29 is 14.7 Å². The van der Waals surface area contributed by atoms with E-state index in [1.54, 1.807) is 19.0 Å². The zero-order valence-corrected chi connectivity index (χ0v) is 9.73. The van der Waals surface area contributed by atoms with Crippen LogP contribution in [0.3, 0.4) is 0 Å². The van der Waals surface area contributed by atoms with Gasteiger partial charge in [0, 0.05) is 38.3 Å². The van der Waals surface area contributed by atoms with Crippen molar-refractivity contribution in [1.82, 2.24) is 20.0 Å². The number of carbonyl (C=O) groups is 2. The largest absolute Gasteiger partial charge is 0.476 e. The standard InChI is InChI=1S/C10H14N4O3/c1-13(2)10(17)14-4-3-7-6(5-14)8(9(15)16)12-11-7/h3-5H2,1-2H3,(H,11,12)(H,15,16). The van der Waals surface area contributed by atoms with Crippen LogP contribution < -0.4 is 0 Å². The second-order valence-corrected chi connectivity index (χ2v) is 4.18. The molecule has 7 nitrogen and oxygen atoms in total. The van der Waals surface area contributed by atoms with E-state index in [0.29, 0.717) is 25.1 Å². The number of hydrogen-bond donors (Lipinski definition) is 2. The fraction of sp³-hybridized carbons (Fsp3) is 0.500. The first-order valence-corrected chi connectivity index (χ1v) is 5.26. The van der Waals surface area contributed by atoms with Gasteiger partial charge in [-0.25, -0.2) is 9.59 Å². The Balaban J connectivity index is 2.25. The van der Waals surface area contributed by atoms with Crippen LogP contribution in [0.25, 0.3) is 0 Å². The molecule has 0 spiro atoms. The summed E-state index contributed by atoms with van der Waals surface area (Å²) in [5, 5.41) is 15.4. The van der Waals surface area contributed by atoms with Crippen LogP contribution in [0, 0.1) is 0 Å². The van der Waals surface area contributed by atoms with Gasteiger partial charge in [0.15, 0.2) is 5.69 Å². The summed E-state index contributed by atoms with van der Waals surface area (Å²) in [4.78, 5) is 25.8. The number of urea groups is 1. The third kappa shape index (κ3) is 1.95. The zero-order chi connectivity index (χ0) is 12.6. The zero-order valence-electron chi connectivity index (χ0n) is 9.73. The number of nitrogens with one attached hydrogen (secondary N) is 1. The highest BCUT2D eigenvalue weighted by Gasteiger charge is 2.28. The minimum atomic E-state index is -1.07. The molecule has 0 atom stereocenters. The van der Waals surface area contributed by atoms with Crippen LogP contribution in [-0.2, 0) is 13.0 Å². The van der Waals surface area contributed by atoms with Crippen LogP contribution in [0.2, 0.25) is 0 Å². The van der Waals surface area contributed by atoms with E-state index in [9.17, 15) is 9.59 Å². The van der Waals surface area contributed by atoms with E-state index in [2.05, 4.69) is 10.2 Å². The molecule has 1 aliphatic heterocycles. The van der Waals surface area contributed by atoms with Crippen molar-refractivity contribution in [2.75, 3.05) is 20.6 Å². The number of fused-ring (bicyclic) bond motifs is 1. The van der Waals surface area contributed by atoms with E-state index in [1.807, 2.05) is 0 Å². The van der Waals surface area contributed by atoms with Gasteiger partial charge < -0.3 is 14.9 Å². The van der Waals surface area contributed by atoms with Gasteiger partial charge in [0.05, 0.1) is 6.54 Å². The van der Waals surface area contributed by atoms with E-state index < -0.39 is 5.97 Å². The Kier molecular flexibility index (Phi) is 2.74. The predicted octanol–water partition coefficient (Wildman–Crippen LogP) is 0.148. The topological polar surface area (TPSA) is 89.5 Å². The number of nitrogens with zero attached hydrogens (tertiary/aromatic N) is 3. The molecule has 7 heteroatoms. The summed E-state index contributed by atoms with van der Waals surface area (Å²) in [6.45, 7) is 0.871. The van der Waals surface area contributed by atoms with Gasteiger partial charge in [-0.3, -0.25) is 5.10 Å². The lowest BCUT2D eigenvalue weighted by Crippen LogP contribution is -2.42. The molecule has 92 valence electrons. The lowest BCUT2D eigenvalue weighted by atomic mass is 10.1. The Morgan fingerprint density at radius 1 is 1.47 bits per heavy atom. The normalized spacial score (nSPS) is 14.4. The van der Waals surface area contributed by atoms with Crippen LogP contribution in [0.5, 0.6) is 0 Å². The molecule has 2 amide bonds. The Morgan fingerprint density at radius 2 is 2.18 bits per heavy atom. The van der Waals surface area contributed by atoms with E-state index in [0.717, 1.165) is 5.69 Å². The number of aromatic nitrogens is 2. The van der Waals surface area contributed by atoms with Crippen molar-refractivity contribution in [3.8, 4) is 0 Å². The molecule has 1 aromatic heterocycles. The summed E-state index contributed by atoms with van der Waals surface area (Å²) in [6, 6.07) is -0.117. The van der Waals surface area contributed by atoms with E-state index in [1.165, 1.54) is 4.90 Å². The second-order valence-electron chi connectivity index (χ2n) is 4.18. The molecule has 0 bridgehead atoms. The molecule has 0 unspecified atom stereocenters. The van der Waals surface area contributed by atoms with Crippen molar-refractivity contribution in [2.45, 2.75) is 13.0 Å². The van der Waals surface area contributed by atoms with E-state index in [-0.39, 0.29) is 11.7 Å². The van der Waals surface area contributed by atoms with Gasteiger partial charge in [-0.1, -0.05) is 0 Å². The van der Waals surface area contributed by atoms with Gasteiger partial charge in [-0.05, 0) is 0 Å². The van der Waals surface area contributed by atoms with Gasteiger partial charge in [-0.15, -0.1) is 0 Å². The Labute approximate surface area is 98.0 Å². The van der Waals surface area contributed by atoms with Crippen molar-refractivity contribution in [1.29, 1.82) is 0 Å². The molecule has 0 fully saturated rings. The van der Waals surface area contributed by atoms with Gasteiger partial charge in [0.25, 0.3) is 0 Å². The number of carboxylic acids is 1. The molecule has 1 aromatic rings. The Morgan fingerprint density at radius 3 is 2.76 bits per heavy atom. The maximum absolute atomic E-state index is 11.8. The van der Waals surface area contributed by atoms with Gasteiger partial charge in [-0.2, -0.15) is 5.10 Å². The van der Waals surface area contributed by atoms with Crippen molar-refractivity contribution in [3.05, 3.63) is 17.0 Å². The third-order valence-electron chi connectivity index (χ3n) is 2.79. The molecule has 2 N–H and O–H groups in total. The molecule has 0 saturated carbocycles. The summed E-state index contributed by atoms with van der Waals surface area (Å²) in [5.74, 6) is -1.07. The van der Waals surface area contributed by atoms with Crippen LogP contribution in [0.4, 0.5) is 4.79 Å². The molecule has 0 radical (unpaired) electrons. The summed E-state index contributed by atoms with van der Waals surface area (Å²) < 4.78 is 0. The van der Waals surface area contributed by atoms with Gasteiger partial charge in [0.2, 0.25) is 0 Å². The average molecular weight is 238 g/mol. The van der Waals surface area contributed by atoms with E-state index >= 15 is 0 Å². The molecule has 17 heavy (non-hydrogen) atoms. The monoisotopic (exact) mass is 238 g/mol. The molecule has 2 rings (SSSR count). The fourth-order valence-corrected chi connectivity index (χ4v) is 1.92. The minimum Gasteiger partial charge on any atom is -0.476 e. The highest BCUT2D eigenvalue weighted by Crippen LogP contribution is 2.20.